The van der Waals surface area contributed by atoms with Crippen molar-refractivity contribution in [1.29, 1.82) is 0 Å². The summed E-state index contributed by atoms with van der Waals surface area (Å²) in [6, 6.07) is 1.97. The Morgan fingerprint density at radius 1 is 1.65 bits per heavy atom. The Morgan fingerprint density at radius 3 is 2.82 bits per heavy atom. The van der Waals surface area contributed by atoms with Gasteiger partial charge in [-0.15, -0.1) is 0 Å². The summed E-state index contributed by atoms with van der Waals surface area (Å²) >= 11 is 5.90. The molecule has 1 aliphatic rings. The number of carbonyl (C=O) groups is 1. The van der Waals surface area contributed by atoms with Crippen molar-refractivity contribution in [3.63, 3.8) is 0 Å². The zero-order valence-corrected chi connectivity index (χ0v) is 10.9. The molecule has 1 aromatic rings. The van der Waals surface area contributed by atoms with Gasteiger partial charge in [-0.25, -0.2) is 0 Å². The lowest BCUT2D eigenvalue weighted by molar-refractivity contribution is 0.0734. The standard InChI is InChI=1S/C12H18ClN3O/c1-8-3-9(5-14)6-16(8)12(17)11-4-10(13)7-15(11)2/h4,7-9H,3,5-6,14H2,1-2H3. The van der Waals surface area contributed by atoms with Crippen molar-refractivity contribution >= 4 is 17.5 Å². The van der Waals surface area contributed by atoms with Crippen LogP contribution < -0.4 is 5.73 Å². The summed E-state index contributed by atoms with van der Waals surface area (Å²) in [5.41, 5.74) is 6.31. The average molecular weight is 256 g/mol. The molecular weight excluding hydrogens is 238 g/mol. The van der Waals surface area contributed by atoms with Crippen LogP contribution in [0.4, 0.5) is 0 Å². The number of hydrogen-bond acceptors (Lipinski definition) is 2. The van der Waals surface area contributed by atoms with Crippen molar-refractivity contribution in [2.75, 3.05) is 13.1 Å². The number of nitrogens with two attached hydrogens (primary N) is 1. The van der Waals surface area contributed by atoms with Gasteiger partial charge in [-0.1, -0.05) is 11.6 Å². The highest BCUT2D eigenvalue weighted by Crippen LogP contribution is 2.25. The summed E-state index contributed by atoms with van der Waals surface area (Å²) in [6.07, 6.45) is 2.73. The molecule has 2 unspecified atom stereocenters. The van der Waals surface area contributed by atoms with E-state index in [0.717, 1.165) is 13.0 Å². The summed E-state index contributed by atoms with van der Waals surface area (Å²) in [5.74, 6) is 0.465. The summed E-state index contributed by atoms with van der Waals surface area (Å²) in [5, 5.41) is 0.595. The lowest BCUT2D eigenvalue weighted by Gasteiger charge is -2.21. The van der Waals surface area contributed by atoms with Crippen LogP contribution in [-0.4, -0.2) is 34.5 Å². The zero-order valence-electron chi connectivity index (χ0n) is 10.2. The summed E-state index contributed by atoms with van der Waals surface area (Å²) < 4.78 is 1.77. The second-order valence-corrected chi connectivity index (χ2v) is 5.23. The van der Waals surface area contributed by atoms with Crippen LogP contribution in [0.2, 0.25) is 5.02 Å². The van der Waals surface area contributed by atoms with Crippen LogP contribution in [-0.2, 0) is 7.05 Å². The Bertz CT molecular complexity index is 429. The molecule has 1 saturated heterocycles. The number of amides is 1. The van der Waals surface area contributed by atoms with E-state index in [0.29, 0.717) is 23.2 Å². The normalized spacial score (nSPS) is 24.4. The van der Waals surface area contributed by atoms with Crippen molar-refractivity contribution < 1.29 is 4.79 Å². The van der Waals surface area contributed by atoms with Crippen molar-refractivity contribution in [2.45, 2.75) is 19.4 Å². The van der Waals surface area contributed by atoms with E-state index in [4.69, 9.17) is 17.3 Å². The SMILES string of the molecule is CC1CC(CN)CN1C(=O)c1cc(Cl)cn1C. The van der Waals surface area contributed by atoms with Crippen LogP contribution in [0.1, 0.15) is 23.8 Å². The molecule has 2 atom stereocenters. The molecule has 0 spiro atoms. The van der Waals surface area contributed by atoms with Crippen LogP contribution in [0, 0.1) is 5.92 Å². The van der Waals surface area contributed by atoms with Crippen LogP contribution in [0.3, 0.4) is 0 Å². The molecule has 4 nitrogen and oxygen atoms in total. The predicted octanol–water partition coefficient (Wildman–Crippen LogP) is 1.49. The van der Waals surface area contributed by atoms with E-state index >= 15 is 0 Å². The van der Waals surface area contributed by atoms with Crippen LogP contribution in [0.25, 0.3) is 0 Å². The fourth-order valence-electron chi connectivity index (χ4n) is 2.48. The van der Waals surface area contributed by atoms with Gasteiger partial charge in [0.1, 0.15) is 5.69 Å². The van der Waals surface area contributed by atoms with Crippen molar-refractivity contribution in [3.05, 3.63) is 23.0 Å². The molecule has 94 valence electrons. The average Bonchev–Trinajstić information content (AvgIpc) is 2.81. The molecule has 1 aliphatic heterocycles. The molecule has 0 bridgehead atoms. The fourth-order valence-corrected chi connectivity index (χ4v) is 2.73. The Balaban J connectivity index is 2.18. The zero-order chi connectivity index (χ0) is 12.6. The van der Waals surface area contributed by atoms with E-state index < -0.39 is 0 Å². The van der Waals surface area contributed by atoms with Gasteiger partial charge in [-0.2, -0.15) is 0 Å². The highest BCUT2D eigenvalue weighted by molar-refractivity contribution is 6.31. The van der Waals surface area contributed by atoms with Crippen molar-refractivity contribution in [3.8, 4) is 0 Å². The molecular formula is C12H18ClN3O. The van der Waals surface area contributed by atoms with Gasteiger partial charge in [0.25, 0.3) is 5.91 Å². The number of aryl methyl sites for hydroxylation is 1. The van der Waals surface area contributed by atoms with Crippen LogP contribution >= 0.6 is 11.6 Å². The van der Waals surface area contributed by atoms with E-state index in [9.17, 15) is 4.79 Å². The lowest BCUT2D eigenvalue weighted by atomic mass is 10.1. The van der Waals surface area contributed by atoms with Gasteiger partial charge >= 0.3 is 0 Å². The Morgan fingerprint density at radius 2 is 2.35 bits per heavy atom. The van der Waals surface area contributed by atoms with Crippen LogP contribution in [0.5, 0.6) is 0 Å². The second kappa shape index (κ2) is 4.70. The maximum atomic E-state index is 12.4. The van der Waals surface area contributed by atoms with E-state index in [1.807, 2.05) is 11.9 Å². The molecule has 0 aromatic carbocycles. The number of hydrogen-bond donors (Lipinski definition) is 1. The highest BCUT2D eigenvalue weighted by Gasteiger charge is 2.33. The number of aromatic nitrogens is 1. The minimum Gasteiger partial charge on any atom is -0.345 e. The molecule has 1 aromatic heterocycles. The minimum atomic E-state index is 0.0443. The third kappa shape index (κ3) is 2.33. The molecule has 1 amide bonds. The Kier molecular flexibility index (Phi) is 3.45. The van der Waals surface area contributed by atoms with Gasteiger partial charge in [0.05, 0.1) is 5.02 Å². The van der Waals surface area contributed by atoms with Gasteiger partial charge in [0.15, 0.2) is 0 Å². The summed E-state index contributed by atoms with van der Waals surface area (Å²) in [4.78, 5) is 14.3. The first-order valence-electron chi connectivity index (χ1n) is 5.85. The van der Waals surface area contributed by atoms with E-state index in [1.165, 1.54) is 0 Å². The molecule has 17 heavy (non-hydrogen) atoms. The molecule has 1 fully saturated rings. The quantitative estimate of drug-likeness (QED) is 0.871. The molecule has 5 heteroatoms. The third-order valence-electron chi connectivity index (χ3n) is 3.45. The highest BCUT2D eigenvalue weighted by atomic mass is 35.5. The summed E-state index contributed by atoms with van der Waals surface area (Å²) in [7, 11) is 1.83. The first kappa shape index (κ1) is 12.5. The topological polar surface area (TPSA) is 51.3 Å². The number of rotatable bonds is 2. The van der Waals surface area contributed by atoms with Gasteiger partial charge in [-0.05, 0) is 31.9 Å². The predicted molar refractivity (Wildman–Crippen MR) is 68.1 cm³/mol. The summed E-state index contributed by atoms with van der Waals surface area (Å²) in [6.45, 7) is 3.46. The Labute approximate surface area is 106 Å². The number of likely N-dealkylation sites (tertiary alicyclic amines) is 1. The molecule has 2 rings (SSSR count). The van der Waals surface area contributed by atoms with Gasteiger partial charge in [-0.3, -0.25) is 4.79 Å². The first-order valence-corrected chi connectivity index (χ1v) is 6.23. The fraction of sp³-hybridized carbons (Fsp3) is 0.583. The van der Waals surface area contributed by atoms with Gasteiger partial charge in [0, 0.05) is 25.8 Å². The Hall–Kier alpha value is -1.00. The number of halogens is 1. The number of carbonyl (C=O) groups excluding carboxylic acids is 1. The van der Waals surface area contributed by atoms with E-state index in [-0.39, 0.29) is 11.9 Å². The van der Waals surface area contributed by atoms with E-state index in [1.54, 1.807) is 16.8 Å². The van der Waals surface area contributed by atoms with E-state index in [2.05, 4.69) is 6.92 Å². The maximum Gasteiger partial charge on any atom is 0.270 e. The van der Waals surface area contributed by atoms with Gasteiger partial charge < -0.3 is 15.2 Å². The van der Waals surface area contributed by atoms with Gasteiger partial charge in [0.2, 0.25) is 0 Å². The van der Waals surface area contributed by atoms with Crippen LogP contribution in [0.15, 0.2) is 12.3 Å². The first-order chi connectivity index (χ1) is 8.02. The maximum absolute atomic E-state index is 12.4. The molecule has 0 saturated carbocycles. The molecule has 0 aliphatic carbocycles. The largest absolute Gasteiger partial charge is 0.345 e. The smallest absolute Gasteiger partial charge is 0.270 e. The molecule has 0 radical (unpaired) electrons. The molecule has 2 heterocycles. The second-order valence-electron chi connectivity index (χ2n) is 4.80. The lowest BCUT2D eigenvalue weighted by Crippen LogP contribution is -2.35. The van der Waals surface area contributed by atoms with Crippen molar-refractivity contribution in [2.24, 2.45) is 18.7 Å². The third-order valence-corrected chi connectivity index (χ3v) is 3.65. The minimum absolute atomic E-state index is 0.0443. The van der Waals surface area contributed by atoms with Crippen molar-refractivity contribution in [1.82, 2.24) is 9.47 Å². The monoisotopic (exact) mass is 255 g/mol. The molecule has 2 N–H and O–H groups in total. The number of nitrogens with zero attached hydrogens (tertiary/aromatic N) is 2.